The van der Waals surface area contributed by atoms with E-state index >= 15 is 0 Å². The summed E-state index contributed by atoms with van der Waals surface area (Å²) in [6.45, 7) is 3.60. The molecule has 136 valence electrons. The molecule has 27 heavy (non-hydrogen) atoms. The average molecular weight is 357 g/mol. The van der Waals surface area contributed by atoms with Gasteiger partial charge in [-0.25, -0.2) is 9.97 Å². The highest BCUT2D eigenvalue weighted by molar-refractivity contribution is 5.55. The Kier molecular flexibility index (Phi) is 4.23. The van der Waals surface area contributed by atoms with Gasteiger partial charge in [0.15, 0.2) is 5.82 Å². The maximum Gasteiger partial charge on any atom is 0.159 e. The summed E-state index contributed by atoms with van der Waals surface area (Å²) in [5.74, 6) is 0.786. The van der Waals surface area contributed by atoms with Crippen LogP contribution in [-0.2, 0) is 23.4 Å². The van der Waals surface area contributed by atoms with Crippen molar-refractivity contribution in [1.29, 1.82) is 0 Å². The highest BCUT2D eigenvalue weighted by Crippen LogP contribution is 2.42. The highest BCUT2D eigenvalue weighted by atomic mass is 16.5. The Morgan fingerprint density at radius 2 is 1.70 bits per heavy atom. The van der Waals surface area contributed by atoms with Crippen molar-refractivity contribution in [2.75, 3.05) is 19.6 Å². The molecule has 4 heteroatoms. The molecule has 2 aliphatic heterocycles. The first-order valence-electron chi connectivity index (χ1n) is 9.64. The zero-order valence-corrected chi connectivity index (χ0v) is 15.3. The predicted octanol–water partition coefficient (Wildman–Crippen LogP) is 3.82. The van der Waals surface area contributed by atoms with E-state index in [0.717, 1.165) is 43.1 Å². The lowest BCUT2D eigenvalue weighted by Crippen LogP contribution is -2.59. The van der Waals surface area contributed by atoms with E-state index in [4.69, 9.17) is 9.72 Å². The van der Waals surface area contributed by atoms with E-state index in [1.54, 1.807) is 0 Å². The monoisotopic (exact) mass is 357 g/mol. The number of likely N-dealkylation sites (tertiary alicyclic amines) is 1. The van der Waals surface area contributed by atoms with E-state index in [9.17, 15) is 0 Å². The molecular weight excluding hydrogens is 334 g/mol. The minimum Gasteiger partial charge on any atom is -0.361 e. The van der Waals surface area contributed by atoms with Gasteiger partial charge in [0.1, 0.15) is 5.60 Å². The zero-order chi connectivity index (χ0) is 18.1. The molecule has 1 saturated heterocycles. The standard InChI is InChI=1S/C23H23N3O/c1-3-8-18(9-4-1)10-7-13-26-16-23(17-26)20-14-24-22(25-21(20)15-27-23)19-11-5-2-6-12-19/h1-6,8-9,11-12,14H,7,10,13,15-17H2. The van der Waals surface area contributed by atoms with Crippen LogP contribution in [0.2, 0.25) is 0 Å². The van der Waals surface area contributed by atoms with E-state index in [1.165, 1.54) is 17.5 Å². The van der Waals surface area contributed by atoms with Gasteiger partial charge in [-0.3, -0.25) is 4.90 Å². The first-order chi connectivity index (χ1) is 13.3. The SMILES string of the molecule is c1ccc(CCCN2CC3(C2)OCc2nc(-c4ccccc4)ncc23)cc1. The molecule has 3 aromatic rings. The summed E-state index contributed by atoms with van der Waals surface area (Å²) in [5, 5.41) is 0. The number of ether oxygens (including phenoxy) is 1. The third-order valence-corrected chi connectivity index (χ3v) is 5.62. The third kappa shape index (κ3) is 3.15. The van der Waals surface area contributed by atoms with Crippen LogP contribution in [-0.4, -0.2) is 34.5 Å². The Hall–Kier alpha value is -2.56. The molecule has 0 amide bonds. The topological polar surface area (TPSA) is 38.2 Å². The number of aryl methyl sites for hydroxylation is 1. The average Bonchev–Trinajstić information content (AvgIpc) is 3.08. The van der Waals surface area contributed by atoms with Crippen LogP contribution in [0.1, 0.15) is 23.2 Å². The van der Waals surface area contributed by atoms with Gasteiger partial charge >= 0.3 is 0 Å². The van der Waals surface area contributed by atoms with Crippen molar-refractivity contribution in [2.24, 2.45) is 0 Å². The molecule has 0 unspecified atom stereocenters. The maximum absolute atomic E-state index is 6.19. The van der Waals surface area contributed by atoms with Crippen LogP contribution >= 0.6 is 0 Å². The fraction of sp³-hybridized carbons (Fsp3) is 0.304. The molecule has 2 aromatic carbocycles. The molecule has 2 aliphatic rings. The van der Waals surface area contributed by atoms with Crippen molar-refractivity contribution in [1.82, 2.24) is 14.9 Å². The van der Waals surface area contributed by atoms with Crippen LogP contribution < -0.4 is 0 Å². The van der Waals surface area contributed by atoms with Gasteiger partial charge in [0.05, 0.1) is 12.3 Å². The lowest BCUT2D eigenvalue weighted by Gasteiger charge is -2.47. The van der Waals surface area contributed by atoms with Crippen molar-refractivity contribution >= 4 is 0 Å². The van der Waals surface area contributed by atoms with Gasteiger partial charge in [0.2, 0.25) is 0 Å². The minimum absolute atomic E-state index is 0.183. The summed E-state index contributed by atoms with van der Waals surface area (Å²) in [7, 11) is 0. The van der Waals surface area contributed by atoms with Gasteiger partial charge in [-0.1, -0.05) is 60.7 Å². The van der Waals surface area contributed by atoms with Crippen LogP contribution in [0.3, 0.4) is 0 Å². The number of rotatable bonds is 5. The first-order valence-corrected chi connectivity index (χ1v) is 9.64. The predicted molar refractivity (Wildman–Crippen MR) is 105 cm³/mol. The Labute approximate surface area is 159 Å². The highest BCUT2D eigenvalue weighted by Gasteiger charge is 2.50. The van der Waals surface area contributed by atoms with Gasteiger partial charge in [0, 0.05) is 30.4 Å². The first kappa shape index (κ1) is 16.6. The molecule has 0 aliphatic carbocycles. The van der Waals surface area contributed by atoms with E-state index in [2.05, 4.69) is 40.2 Å². The molecule has 5 rings (SSSR count). The second kappa shape index (κ2) is 6.87. The molecule has 0 bridgehead atoms. The normalized spacial score (nSPS) is 17.6. The van der Waals surface area contributed by atoms with Gasteiger partial charge in [-0.05, 0) is 24.9 Å². The largest absolute Gasteiger partial charge is 0.361 e. The van der Waals surface area contributed by atoms with Crippen molar-refractivity contribution in [3.05, 3.63) is 83.7 Å². The summed E-state index contributed by atoms with van der Waals surface area (Å²) in [6.07, 6.45) is 4.29. The summed E-state index contributed by atoms with van der Waals surface area (Å²) in [5.41, 5.74) is 4.51. The van der Waals surface area contributed by atoms with E-state index in [0.29, 0.717) is 6.61 Å². The summed E-state index contributed by atoms with van der Waals surface area (Å²) < 4.78 is 6.19. The van der Waals surface area contributed by atoms with Crippen LogP contribution in [0.4, 0.5) is 0 Å². The molecule has 1 aromatic heterocycles. The lowest BCUT2D eigenvalue weighted by atomic mass is 9.87. The summed E-state index contributed by atoms with van der Waals surface area (Å²) in [6, 6.07) is 20.8. The van der Waals surface area contributed by atoms with Crippen LogP contribution in [0.25, 0.3) is 11.4 Å². The molecule has 0 atom stereocenters. The van der Waals surface area contributed by atoms with Gasteiger partial charge in [-0.15, -0.1) is 0 Å². The molecule has 0 N–H and O–H groups in total. The number of benzene rings is 2. The van der Waals surface area contributed by atoms with E-state index in [-0.39, 0.29) is 5.60 Å². The summed E-state index contributed by atoms with van der Waals surface area (Å²) >= 11 is 0. The molecule has 1 spiro atoms. The van der Waals surface area contributed by atoms with Gasteiger partial charge in [0.25, 0.3) is 0 Å². The third-order valence-electron chi connectivity index (χ3n) is 5.62. The quantitative estimate of drug-likeness (QED) is 0.696. The zero-order valence-electron chi connectivity index (χ0n) is 15.3. The minimum atomic E-state index is -0.183. The molecule has 4 nitrogen and oxygen atoms in total. The number of fused-ring (bicyclic) bond motifs is 2. The molecule has 0 radical (unpaired) electrons. The molecule has 0 saturated carbocycles. The van der Waals surface area contributed by atoms with Crippen molar-refractivity contribution in [2.45, 2.75) is 25.0 Å². The lowest BCUT2D eigenvalue weighted by molar-refractivity contribution is -0.141. The van der Waals surface area contributed by atoms with Crippen LogP contribution in [0.15, 0.2) is 66.9 Å². The Bertz CT molecular complexity index is 921. The second-order valence-electron chi connectivity index (χ2n) is 7.50. The molecular formula is C23H23N3O. The van der Waals surface area contributed by atoms with Gasteiger partial charge in [-0.2, -0.15) is 0 Å². The molecule has 3 heterocycles. The maximum atomic E-state index is 6.19. The van der Waals surface area contributed by atoms with E-state index < -0.39 is 0 Å². The fourth-order valence-electron chi connectivity index (χ4n) is 4.17. The smallest absolute Gasteiger partial charge is 0.159 e. The summed E-state index contributed by atoms with van der Waals surface area (Å²) in [4.78, 5) is 11.9. The van der Waals surface area contributed by atoms with Crippen molar-refractivity contribution in [3.8, 4) is 11.4 Å². The number of nitrogens with zero attached hydrogens (tertiary/aromatic N) is 3. The number of hydrogen-bond acceptors (Lipinski definition) is 4. The number of aromatic nitrogens is 2. The number of hydrogen-bond donors (Lipinski definition) is 0. The van der Waals surface area contributed by atoms with Crippen molar-refractivity contribution < 1.29 is 4.74 Å². The van der Waals surface area contributed by atoms with E-state index in [1.807, 2.05) is 36.5 Å². The Balaban J connectivity index is 1.22. The molecule has 1 fully saturated rings. The van der Waals surface area contributed by atoms with Crippen LogP contribution in [0, 0.1) is 0 Å². The second-order valence-corrected chi connectivity index (χ2v) is 7.50. The van der Waals surface area contributed by atoms with Crippen LogP contribution in [0.5, 0.6) is 0 Å². The Morgan fingerprint density at radius 3 is 2.48 bits per heavy atom. The Morgan fingerprint density at radius 1 is 0.963 bits per heavy atom. The van der Waals surface area contributed by atoms with Gasteiger partial charge < -0.3 is 4.74 Å². The van der Waals surface area contributed by atoms with Crippen molar-refractivity contribution in [3.63, 3.8) is 0 Å². The fourth-order valence-corrected chi connectivity index (χ4v) is 4.17.